The van der Waals surface area contributed by atoms with Crippen molar-refractivity contribution in [1.82, 2.24) is 19.8 Å². The summed E-state index contributed by atoms with van der Waals surface area (Å²) < 4.78 is 2.61. The topological polar surface area (TPSA) is 62.2 Å². The van der Waals surface area contributed by atoms with Gasteiger partial charge in [0.25, 0.3) is 5.56 Å². The van der Waals surface area contributed by atoms with E-state index in [0.29, 0.717) is 29.3 Å². The molecule has 140 valence electrons. The molecule has 0 bridgehead atoms. The molecule has 2 aliphatic rings. The molecule has 1 aromatic heterocycles. The van der Waals surface area contributed by atoms with Gasteiger partial charge in [0, 0.05) is 42.6 Å². The lowest BCUT2D eigenvalue weighted by atomic mass is 10.0. The number of benzene rings is 1. The molecule has 0 saturated carbocycles. The minimum absolute atomic E-state index is 0.0663. The fourth-order valence-corrected chi connectivity index (χ4v) is 4.21. The minimum atomic E-state index is -0.0663. The van der Waals surface area contributed by atoms with Gasteiger partial charge in [0.15, 0.2) is 5.82 Å². The van der Waals surface area contributed by atoms with Crippen molar-refractivity contribution in [2.45, 2.75) is 25.4 Å². The summed E-state index contributed by atoms with van der Waals surface area (Å²) in [6, 6.07) is 4.17. The first-order valence-corrected chi connectivity index (χ1v) is 10.2. The Morgan fingerprint density at radius 1 is 1.42 bits per heavy atom. The van der Waals surface area contributed by atoms with Crippen LogP contribution in [0.2, 0.25) is 5.02 Å². The van der Waals surface area contributed by atoms with Crippen LogP contribution >= 0.6 is 27.5 Å². The summed E-state index contributed by atoms with van der Waals surface area (Å²) in [5.74, 6) is 0.897. The van der Waals surface area contributed by atoms with Crippen molar-refractivity contribution in [3.05, 3.63) is 32.0 Å². The number of halogens is 2. The second-order valence-corrected chi connectivity index (χ2v) is 8.57. The second-order valence-electron chi connectivity index (χ2n) is 7.31. The van der Waals surface area contributed by atoms with E-state index in [4.69, 9.17) is 11.6 Å². The van der Waals surface area contributed by atoms with Crippen LogP contribution < -0.4 is 16.2 Å². The molecule has 0 aliphatic carbocycles. The Hall–Kier alpha value is -1.15. The number of fused-ring (bicyclic) bond motifs is 1. The van der Waals surface area contributed by atoms with E-state index in [9.17, 15) is 4.79 Å². The predicted molar refractivity (Wildman–Crippen MR) is 109 cm³/mol. The fraction of sp³-hybridized carbons (Fsp3) is 0.556. The van der Waals surface area contributed by atoms with Crippen LogP contribution in [0.15, 0.2) is 21.4 Å². The Morgan fingerprint density at radius 2 is 2.23 bits per heavy atom. The average Bonchev–Trinajstić information content (AvgIpc) is 2.98. The van der Waals surface area contributed by atoms with E-state index in [1.54, 1.807) is 0 Å². The highest BCUT2D eigenvalue weighted by Crippen LogP contribution is 2.28. The lowest BCUT2D eigenvalue weighted by Crippen LogP contribution is -2.45. The van der Waals surface area contributed by atoms with Crippen molar-refractivity contribution < 1.29 is 0 Å². The minimum Gasteiger partial charge on any atom is -0.364 e. The molecule has 6 nitrogen and oxygen atoms in total. The Morgan fingerprint density at radius 3 is 2.88 bits per heavy atom. The third-order valence-corrected chi connectivity index (χ3v) is 6.67. The summed E-state index contributed by atoms with van der Waals surface area (Å²) in [6.07, 6.45) is 2.36. The van der Waals surface area contributed by atoms with Gasteiger partial charge in [0.1, 0.15) is 0 Å². The van der Waals surface area contributed by atoms with Crippen LogP contribution in [0.4, 0.5) is 5.82 Å². The molecule has 4 rings (SSSR count). The highest BCUT2D eigenvalue weighted by Gasteiger charge is 2.23. The van der Waals surface area contributed by atoms with Crippen molar-refractivity contribution in [2.75, 3.05) is 38.5 Å². The number of aromatic nitrogens is 2. The molecule has 3 heterocycles. The molecule has 1 atom stereocenters. The summed E-state index contributed by atoms with van der Waals surface area (Å²) in [6.45, 7) is 4.42. The van der Waals surface area contributed by atoms with E-state index < -0.39 is 0 Å². The highest BCUT2D eigenvalue weighted by atomic mass is 79.9. The van der Waals surface area contributed by atoms with E-state index in [0.717, 1.165) is 48.1 Å². The predicted octanol–water partition coefficient (Wildman–Crippen LogP) is 2.54. The summed E-state index contributed by atoms with van der Waals surface area (Å²) in [4.78, 5) is 20.0. The quantitative estimate of drug-likeness (QED) is 0.748. The zero-order valence-corrected chi connectivity index (χ0v) is 17.1. The molecule has 0 spiro atoms. The number of hydrogen-bond acceptors (Lipinski definition) is 5. The maximum Gasteiger partial charge on any atom is 0.293 e. The Bertz CT molecular complexity index is 882. The van der Waals surface area contributed by atoms with E-state index in [-0.39, 0.29) is 5.56 Å². The third-order valence-electron chi connectivity index (χ3n) is 5.47. The van der Waals surface area contributed by atoms with Crippen LogP contribution in [0, 0.1) is 5.92 Å². The summed E-state index contributed by atoms with van der Waals surface area (Å²) in [7, 11) is 2.13. The van der Waals surface area contributed by atoms with Crippen LogP contribution in [0.3, 0.4) is 0 Å². The Balaban J connectivity index is 1.70. The number of anilines is 1. The summed E-state index contributed by atoms with van der Waals surface area (Å²) in [5.41, 5.74) is 1.50. The molecular formula is C18H23BrClN5O. The largest absolute Gasteiger partial charge is 0.364 e. The first-order chi connectivity index (χ1) is 12.5. The molecule has 0 radical (unpaired) electrons. The average molecular weight is 441 g/mol. The van der Waals surface area contributed by atoms with Crippen LogP contribution in [0.5, 0.6) is 0 Å². The number of likely N-dealkylation sites (N-methyl/N-ethyl adjacent to an activating group) is 1. The lowest BCUT2D eigenvalue weighted by Gasteiger charge is -2.28. The molecular weight excluding hydrogens is 418 g/mol. The van der Waals surface area contributed by atoms with Crippen molar-refractivity contribution in [3.8, 4) is 0 Å². The molecule has 2 saturated heterocycles. The molecule has 0 amide bonds. The molecule has 0 unspecified atom stereocenters. The summed E-state index contributed by atoms with van der Waals surface area (Å²) >= 11 is 9.74. The maximum atomic E-state index is 13.1. The number of hydrogen-bond donors (Lipinski definition) is 2. The van der Waals surface area contributed by atoms with Gasteiger partial charge in [-0.3, -0.25) is 4.79 Å². The third kappa shape index (κ3) is 3.50. The van der Waals surface area contributed by atoms with E-state index in [1.807, 2.05) is 16.7 Å². The number of nitrogens with zero attached hydrogens (tertiary/aromatic N) is 3. The van der Waals surface area contributed by atoms with Gasteiger partial charge in [-0.2, -0.15) is 0 Å². The molecule has 2 aliphatic heterocycles. The first kappa shape index (κ1) is 18.2. The van der Waals surface area contributed by atoms with Gasteiger partial charge in [-0.1, -0.05) is 11.6 Å². The molecule has 26 heavy (non-hydrogen) atoms. The van der Waals surface area contributed by atoms with E-state index in [2.05, 4.69) is 43.5 Å². The van der Waals surface area contributed by atoms with Gasteiger partial charge < -0.3 is 20.1 Å². The zero-order valence-electron chi connectivity index (χ0n) is 14.8. The highest BCUT2D eigenvalue weighted by molar-refractivity contribution is 9.10. The fourth-order valence-electron chi connectivity index (χ4n) is 3.72. The van der Waals surface area contributed by atoms with Crippen molar-refractivity contribution in [3.63, 3.8) is 0 Å². The molecule has 1 aromatic carbocycles. The van der Waals surface area contributed by atoms with Crippen molar-refractivity contribution in [1.29, 1.82) is 0 Å². The normalized spacial score (nSPS) is 21.3. The van der Waals surface area contributed by atoms with E-state index >= 15 is 0 Å². The monoisotopic (exact) mass is 439 g/mol. The second kappa shape index (κ2) is 7.46. The lowest BCUT2D eigenvalue weighted by molar-refractivity contribution is 0.307. The first-order valence-electron chi connectivity index (χ1n) is 9.07. The number of nitrogens with one attached hydrogen (secondary N) is 2. The van der Waals surface area contributed by atoms with Crippen LogP contribution in [-0.4, -0.2) is 53.7 Å². The number of rotatable bonds is 5. The van der Waals surface area contributed by atoms with Gasteiger partial charge in [-0.05, 0) is 54.5 Å². The smallest absolute Gasteiger partial charge is 0.293 e. The van der Waals surface area contributed by atoms with Gasteiger partial charge in [-0.25, -0.2) is 4.98 Å². The Kier molecular flexibility index (Phi) is 5.23. The zero-order chi connectivity index (χ0) is 18.3. The molecule has 2 fully saturated rings. The van der Waals surface area contributed by atoms with Gasteiger partial charge in [0.2, 0.25) is 0 Å². The van der Waals surface area contributed by atoms with E-state index in [1.165, 1.54) is 6.42 Å². The SMILES string of the molecule is CN1CCC[C@H]1CNc1nc2cc(Br)c(Cl)cc2n(CC2CNC2)c1=O. The maximum absolute atomic E-state index is 13.1. The Labute approximate surface area is 166 Å². The van der Waals surface area contributed by atoms with Crippen molar-refractivity contribution >= 4 is 44.4 Å². The van der Waals surface area contributed by atoms with Gasteiger partial charge in [0.05, 0.1) is 16.1 Å². The van der Waals surface area contributed by atoms with Crippen LogP contribution in [-0.2, 0) is 6.54 Å². The van der Waals surface area contributed by atoms with Crippen molar-refractivity contribution in [2.24, 2.45) is 5.92 Å². The van der Waals surface area contributed by atoms with Crippen LogP contribution in [0.25, 0.3) is 11.0 Å². The number of likely N-dealkylation sites (tertiary alicyclic amines) is 1. The molecule has 2 aromatic rings. The molecule has 2 N–H and O–H groups in total. The van der Waals surface area contributed by atoms with Crippen LogP contribution in [0.1, 0.15) is 12.8 Å². The molecule has 8 heteroatoms. The van der Waals surface area contributed by atoms with Gasteiger partial charge >= 0.3 is 0 Å². The summed E-state index contributed by atoms with van der Waals surface area (Å²) in [5, 5.41) is 7.17. The van der Waals surface area contributed by atoms with Gasteiger partial charge in [-0.15, -0.1) is 0 Å². The standard InChI is InChI=1S/C18H23BrClN5O/c1-24-4-2-3-12(24)9-22-17-18(26)25(10-11-7-21-8-11)16-6-14(20)13(19)5-15(16)23-17/h5-6,11-12,21H,2-4,7-10H2,1H3,(H,22,23)/t12-/m0/s1.